The maximum atomic E-state index is 12.0. The van der Waals surface area contributed by atoms with E-state index in [1.807, 2.05) is 25.2 Å². The summed E-state index contributed by atoms with van der Waals surface area (Å²) in [7, 11) is 1.82. The molecule has 6 heteroatoms. The van der Waals surface area contributed by atoms with Gasteiger partial charge in [-0.25, -0.2) is 0 Å². The largest absolute Gasteiger partial charge is 0.337 e. The lowest BCUT2D eigenvalue weighted by Gasteiger charge is -2.07. The monoisotopic (exact) mass is 293 g/mol. The minimum Gasteiger partial charge on any atom is -0.337 e. The number of benzene rings is 1. The van der Waals surface area contributed by atoms with E-state index >= 15 is 0 Å². The summed E-state index contributed by atoms with van der Waals surface area (Å²) in [6.45, 7) is 2.72. The maximum Gasteiger partial charge on any atom is 0.254 e. The summed E-state index contributed by atoms with van der Waals surface area (Å²) in [6.07, 6.45) is 2.45. The van der Waals surface area contributed by atoms with E-state index in [9.17, 15) is 4.79 Å². The molecule has 3 aromatic rings. The van der Waals surface area contributed by atoms with Gasteiger partial charge in [0.1, 0.15) is 6.33 Å². The van der Waals surface area contributed by atoms with Crippen molar-refractivity contribution in [3.05, 3.63) is 47.4 Å². The van der Waals surface area contributed by atoms with Crippen LogP contribution in [-0.4, -0.2) is 37.7 Å². The van der Waals surface area contributed by atoms with E-state index in [1.54, 1.807) is 15.7 Å². The van der Waals surface area contributed by atoms with Crippen molar-refractivity contribution in [2.24, 2.45) is 0 Å². The third-order valence-electron chi connectivity index (χ3n) is 4.08. The van der Waals surface area contributed by atoms with Crippen LogP contribution in [-0.2, 0) is 13.0 Å². The van der Waals surface area contributed by atoms with Crippen LogP contribution < -0.4 is 0 Å². The number of nitrogens with zero attached hydrogens (tertiary/aromatic N) is 5. The van der Waals surface area contributed by atoms with Crippen LogP contribution >= 0.6 is 0 Å². The number of carbonyl (C=O) groups excluding carboxylic acids is 1. The molecular formula is C16H15N5O. The molecule has 0 bridgehead atoms. The molecule has 22 heavy (non-hydrogen) atoms. The Kier molecular flexibility index (Phi) is 2.72. The average Bonchev–Trinajstić information content (AvgIpc) is 3.11. The quantitative estimate of drug-likeness (QED) is 0.724. The second-order valence-corrected chi connectivity index (χ2v) is 5.54. The van der Waals surface area contributed by atoms with E-state index < -0.39 is 0 Å². The minimum absolute atomic E-state index is 0.0816. The summed E-state index contributed by atoms with van der Waals surface area (Å²) < 4.78 is 1.71. The Hall–Kier alpha value is -2.76. The van der Waals surface area contributed by atoms with Gasteiger partial charge in [0.25, 0.3) is 5.91 Å². The first-order valence-electron chi connectivity index (χ1n) is 7.26. The normalized spacial score (nSPS) is 13.9. The highest BCUT2D eigenvalue weighted by Gasteiger charge is 2.24. The summed E-state index contributed by atoms with van der Waals surface area (Å²) in [5.74, 6) is 0.0816. The van der Waals surface area contributed by atoms with Crippen molar-refractivity contribution in [2.45, 2.75) is 19.9 Å². The standard InChI is InChI=1S/C16H15N5O/c1-3-12-7-14(15-18-17-9-21(15)19-12)10-4-5-13-11(6-10)8-20(2)16(13)22/h4-7,9H,3,8H2,1-2H3. The van der Waals surface area contributed by atoms with Gasteiger partial charge in [-0.2, -0.15) is 9.61 Å². The SMILES string of the molecule is CCc1cc(-c2ccc3c(c2)CN(C)C3=O)c2nncn2n1. The number of hydrogen-bond acceptors (Lipinski definition) is 4. The van der Waals surface area contributed by atoms with Crippen molar-refractivity contribution in [1.29, 1.82) is 0 Å². The lowest BCUT2D eigenvalue weighted by atomic mass is 10.0. The number of hydrogen-bond donors (Lipinski definition) is 0. The molecule has 3 heterocycles. The van der Waals surface area contributed by atoms with Crippen LogP contribution in [0.2, 0.25) is 0 Å². The van der Waals surface area contributed by atoms with Crippen LogP contribution in [0.1, 0.15) is 28.5 Å². The highest BCUT2D eigenvalue weighted by molar-refractivity contribution is 5.99. The summed E-state index contributed by atoms with van der Waals surface area (Å²) in [4.78, 5) is 13.7. The molecule has 0 fully saturated rings. The van der Waals surface area contributed by atoms with Crippen molar-refractivity contribution in [2.75, 3.05) is 7.05 Å². The lowest BCUT2D eigenvalue weighted by molar-refractivity contribution is 0.0816. The Morgan fingerprint density at radius 1 is 1.23 bits per heavy atom. The zero-order chi connectivity index (χ0) is 15.3. The lowest BCUT2D eigenvalue weighted by Crippen LogP contribution is -2.17. The van der Waals surface area contributed by atoms with Crippen molar-refractivity contribution in [3.8, 4) is 11.1 Å². The van der Waals surface area contributed by atoms with Crippen LogP contribution in [0.4, 0.5) is 0 Å². The average molecular weight is 293 g/mol. The van der Waals surface area contributed by atoms with E-state index in [-0.39, 0.29) is 5.91 Å². The Morgan fingerprint density at radius 2 is 2.09 bits per heavy atom. The Morgan fingerprint density at radius 3 is 2.91 bits per heavy atom. The molecule has 110 valence electrons. The summed E-state index contributed by atoms with van der Waals surface area (Å²) in [5.41, 5.74) is 5.59. The highest BCUT2D eigenvalue weighted by atomic mass is 16.2. The van der Waals surface area contributed by atoms with Gasteiger partial charge in [0.05, 0.1) is 5.69 Å². The van der Waals surface area contributed by atoms with Gasteiger partial charge in [-0.05, 0) is 35.7 Å². The van der Waals surface area contributed by atoms with Gasteiger partial charge in [0, 0.05) is 24.7 Å². The Bertz CT molecular complexity index is 899. The molecule has 1 aromatic carbocycles. The predicted molar refractivity (Wildman–Crippen MR) is 81.4 cm³/mol. The molecule has 1 aliphatic heterocycles. The molecule has 0 N–H and O–H groups in total. The maximum absolute atomic E-state index is 12.0. The molecule has 0 radical (unpaired) electrons. The van der Waals surface area contributed by atoms with Crippen LogP contribution in [0.15, 0.2) is 30.6 Å². The smallest absolute Gasteiger partial charge is 0.254 e. The number of amides is 1. The Labute approximate surface area is 127 Å². The number of aryl methyl sites for hydroxylation is 1. The first-order valence-corrected chi connectivity index (χ1v) is 7.26. The summed E-state index contributed by atoms with van der Waals surface area (Å²) >= 11 is 0. The zero-order valence-corrected chi connectivity index (χ0v) is 12.4. The van der Waals surface area contributed by atoms with Crippen molar-refractivity contribution < 1.29 is 4.79 Å². The third-order valence-corrected chi connectivity index (χ3v) is 4.08. The van der Waals surface area contributed by atoms with E-state index in [1.165, 1.54) is 0 Å². The molecule has 4 rings (SSSR count). The van der Waals surface area contributed by atoms with Gasteiger partial charge < -0.3 is 4.90 Å². The van der Waals surface area contributed by atoms with Crippen molar-refractivity contribution in [3.63, 3.8) is 0 Å². The molecule has 0 aliphatic carbocycles. The fraction of sp³-hybridized carbons (Fsp3) is 0.250. The van der Waals surface area contributed by atoms with Crippen LogP contribution in [0.3, 0.4) is 0 Å². The molecule has 2 aromatic heterocycles. The fourth-order valence-electron chi connectivity index (χ4n) is 2.90. The first-order chi connectivity index (χ1) is 10.7. The molecule has 0 saturated heterocycles. The van der Waals surface area contributed by atoms with Gasteiger partial charge in [0.15, 0.2) is 5.65 Å². The number of aromatic nitrogens is 4. The van der Waals surface area contributed by atoms with Crippen LogP contribution in [0.5, 0.6) is 0 Å². The summed E-state index contributed by atoms with van der Waals surface area (Å²) in [5, 5.41) is 12.6. The molecular weight excluding hydrogens is 278 g/mol. The molecule has 6 nitrogen and oxygen atoms in total. The fourth-order valence-corrected chi connectivity index (χ4v) is 2.90. The minimum atomic E-state index is 0.0816. The molecule has 0 saturated carbocycles. The molecule has 1 aliphatic rings. The second kappa shape index (κ2) is 4.62. The molecule has 0 atom stereocenters. The van der Waals surface area contributed by atoms with E-state index in [2.05, 4.69) is 28.3 Å². The van der Waals surface area contributed by atoms with Gasteiger partial charge in [-0.3, -0.25) is 4.79 Å². The molecule has 0 unspecified atom stereocenters. The van der Waals surface area contributed by atoms with E-state index in [0.717, 1.165) is 40.0 Å². The van der Waals surface area contributed by atoms with E-state index in [0.29, 0.717) is 6.54 Å². The van der Waals surface area contributed by atoms with Gasteiger partial charge in [-0.15, -0.1) is 10.2 Å². The number of carbonyl (C=O) groups is 1. The van der Waals surface area contributed by atoms with Gasteiger partial charge in [0.2, 0.25) is 0 Å². The van der Waals surface area contributed by atoms with Gasteiger partial charge >= 0.3 is 0 Å². The van der Waals surface area contributed by atoms with Crippen molar-refractivity contribution in [1.82, 2.24) is 24.7 Å². The number of fused-ring (bicyclic) bond motifs is 2. The highest BCUT2D eigenvalue weighted by Crippen LogP contribution is 2.29. The van der Waals surface area contributed by atoms with Crippen LogP contribution in [0.25, 0.3) is 16.8 Å². The second-order valence-electron chi connectivity index (χ2n) is 5.54. The van der Waals surface area contributed by atoms with E-state index in [4.69, 9.17) is 0 Å². The van der Waals surface area contributed by atoms with Gasteiger partial charge in [-0.1, -0.05) is 13.0 Å². The Balaban J connectivity index is 1.91. The van der Waals surface area contributed by atoms with Crippen molar-refractivity contribution >= 4 is 11.6 Å². The third kappa shape index (κ3) is 1.80. The number of rotatable bonds is 2. The summed E-state index contributed by atoms with van der Waals surface area (Å²) in [6, 6.07) is 7.99. The topological polar surface area (TPSA) is 63.4 Å². The predicted octanol–water partition coefficient (Wildman–Crippen LogP) is 1.94. The zero-order valence-electron chi connectivity index (χ0n) is 12.4. The van der Waals surface area contributed by atoms with Crippen LogP contribution in [0, 0.1) is 0 Å². The first kappa shape index (κ1) is 12.9. The molecule has 0 spiro atoms. The molecule has 1 amide bonds.